The van der Waals surface area contributed by atoms with Gasteiger partial charge in [-0.05, 0) is 22.4 Å². The fourth-order valence-corrected chi connectivity index (χ4v) is 2.32. The second-order valence-electron chi connectivity index (χ2n) is 6.40. The third-order valence-corrected chi connectivity index (χ3v) is 3.68. The summed E-state index contributed by atoms with van der Waals surface area (Å²) in [5, 5.41) is 10.9. The molecule has 3 rings (SSSR count). The molecule has 1 aliphatic heterocycles. The molecule has 0 unspecified atom stereocenters. The average Bonchev–Trinajstić information content (AvgIpc) is 2.97. The predicted molar refractivity (Wildman–Crippen MR) is 82.9 cm³/mol. The number of fused-ring (bicyclic) bond motifs is 1. The number of hydrogen-bond donors (Lipinski definition) is 1. The van der Waals surface area contributed by atoms with Crippen LogP contribution in [0, 0.1) is 5.41 Å². The van der Waals surface area contributed by atoms with Crippen LogP contribution in [-0.4, -0.2) is 42.5 Å². The summed E-state index contributed by atoms with van der Waals surface area (Å²) in [7, 11) is 0. The molecule has 0 saturated carbocycles. The molecular weight excluding hydrogens is 284 g/mol. The van der Waals surface area contributed by atoms with E-state index in [1.165, 1.54) is 0 Å². The summed E-state index contributed by atoms with van der Waals surface area (Å²) in [5.74, 6) is -0.0732. The highest BCUT2D eigenvalue weighted by atomic mass is 16.6. The van der Waals surface area contributed by atoms with E-state index in [1.807, 2.05) is 32.9 Å². The number of morpholine rings is 1. The summed E-state index contributed by atoms with van der Waals surface area (Å²) < 4.78 is 10.3. The Morgan fingerprint density at radius 1 is 1.18 bits per heavy atom. The summed E-state index contributed by atoms with van der Waals surface area (Å²) in [6.07, 6.45) is 0. The minimum absolute atomic E-state index is 0.0732. The highest BCUT2D eigenvalue weighted by molar-refractivity contribution is 6.04. The summed E-state index contributed by atoms with van der Waals surface area (Å²) in [4.78, 5) is 14.4. The molecule has 1 amide bonds. The van der Waals surface area contributed by atoms with E-state index in [1.54, 1.807) is 0 Å². The highest BCUT2D eigenvalue weighted by Gasteiger charge is 2.24. The molecule has 1 N–H and O–H groups in total. The molecule has 1 aromatic heterocycles. The second kappa shape index (κ2) is 5.57. The van der Waals surface area contributed by atoms with Gasteiger partial charge in [-0.15, -0.1) is 0 Å². The Balaban J connectivity index is 1.94. The number of anilines is 2. The maximum absolute atomic E-state index is 12.2. The van der Waals surface area contributed by atoms with Crippen LogP contribution in [0.5, 0.6) is 0 Å². The lowest BCUT2D eigenvalue weighted by Gasteiger charge is -2.29. The van der Waals surface area contributed by atoms with E-state index in [-0.39, 0.29) is 5.91 Å². The lowest BCUT2D eigenvalue weighted by atomic mass is 9.95. The number of hydrogen-bond acceptors (Lipinski definition) is 6. The first kappa shape index (κ1) is 14.8. The Morgan fingerprint density at radius 3 is 2.55 bits per heavy atom. The zero-order chi connectivity index (χ0) is 15.7. The fourth-order valence-electron chi connectivity index (χ4n) is 2.32. The smallest absolute Gasteiger partial charge is 0.229 e. The van der Waals surface area contributed by atoms with Crippen LogP contribution < -0.4 is 10.2 Å². The van der Waals surface area contributed by atoms with Crippen LogP contribution in [0.15, 0.2) is 16.8 Å². The van der Waals surface area contributed by atoms with Crippen LogP contribution >= 0.6 is 0 Å². The Labute approximate surface area is 128 Å². The number of nitrogens with zero attached hydrogens (tertiary/aromatic N) is 3. The number of carbonyl (C=O) groups excluding carboxylic acids is 1. The molecule has 2 heterocycles. The monoisotopic (exact) mass is 304 g/mol. The van der Waals surface area contributed by atoms with Crippen molar-refractivity contribution >= 4 is 28.3 Å². The van der Waals surface area contributed by atoms with Crippen LogP contribution in [0.1, 0.15) is 20.8 Å². The van der Waals surface area contributed by atoms with Crippen LogP contribution in [0.2, 0.25) is 0 Å². The van der Waals surface area contributed by atoms with Gasteiger partial charge >= 0.3 is 0 Å². The van der Waals surface area contributed by atoms with Gasteiger partial charge in [-0.25, -0.2) is 4.63 Å². The molecule has 7 nitrogen and oxygen atoms in total. The summed E-state index contributed by atoms with van der Waals surface area (Å²) in [6, 6.07) is 3.79. The topological polar surface area (TPSA) is 80.5 Å². The lowest BCUT2D eigenvalue weighted by Crippen LogP contribution is -2.36. The lowest BCUT2D eigenvalue weighted by molar-refractivity contribution is -0.123. The first-order valence-electron chi connectivity index (χ1n) is 7.36. The Bertz CT molecular complexity index is 684. The molecule has 1 fully saturated rings. The van der Waals surface area contributed by atoms with E-state index >= 15 is 0 Å². The molecule has 1 aliphatic rings. The maximum Gasteiger partial charge on any atom is 0.229 e. The van der Waals surface area contributed by atoms with Crippen molar-refractivity contribution in [1.29, 1.82) is 0 Å². The zero-order valence-electron chi connectivity index (χ0n) is 13.0. The van der Waals surface area contributed by atoms with Crippen molar-refractivity contribution in [3.8, 4) is 0 Å². The van der Waals surface area contributed by atoms with Gasteiger partial charge < -0.3 is 15.0 Å². The van der Waals surface area contributed by atoms with Crippen LogP contribution in [0.25, 0.3) is 11.0 Å². The molecule has 118 valence electrons. The first-order chi connectivity index (χ1) is 10.5. The molecule has 0 bridgehead atoms. The molecule has 0 spiro atoms. The normalized spacial score (nSPS) is 16.0. The number of ether oxygens (including phenoxy) is 1. The maximum atomic E-state index is 12.2. The number of aromatic nitrogens is 2. The SMILES string of the molecule is CC(C)(C)C(=O)Nc1ccc(N2CCOCC2)c2nonc12. The van der Waals surface area contributed by atoms with Gasteiger partial charge in [-0.1, -0.05) is 20.8 Å². The number of amides is 1. The molecule has 1 aromatic carbocycles. The summed E-state index contributed by atoms with van der Waals surface area (Å²) >= 11 is 0. The third-order valence-electron chi connectivity index (χ3n) is 3.68. The molecule has 0 aliphatic carbocycles. The van der Waals surface area contributed by atoms with Gasteiger partial charge in [0.15, 0.2) is 11.0 Å². The molecule has 1 saturated heterocycles. The Morgan fingerprint density at radius 2 is 1.86 bits per heavy atom. The van der Waals surface area contributed by atoms with E-state index in [0.29, 0.717) is 29.9 Å². The van der Waals surface area contributed by atoms with E-state index in [2.05, 4.69) is 20.5 Å². The van der Waals surface area contributed by atoms with Gasteiger partial charge in [0.2, 0.25) is 5.91 Å². The molecule has 22 heavy (non-hydrogen) atoms. The van der Waals surface area contributed by atoms with Gasteiger partial charge in [0.05, 0.1) is 24.6 Å². The van der Waals surface area contributed by atoms with Gasteiger partial charge in [0.25, 0.3) is 0 Å². The number of carbonyl (C=O) groups is 1. The Hall–Kier alpha value is -2.15. The molecule has 0 radical (unpaired) electrons. The van der Waals surface area contributed by atoms with E-state index in [4.69, 9.17) is 9.37 Å². The number of benzene rings is 1. The number of rotatable bonds is 2. The average molecular weight is 304 g/mol. The summed E-state index contributed by atoms with van der Waals surface area (Å²) in [6.45, 7) is 8.57. The van der Waals surface area contributed by atoms with Gasteiger partial charge in [-0.2, -0.15) is 0 Å². The van der Waals surface area contributed by atoms with Crippen LogP contribution in [0.4, 0.5) is 11.4 Å². The zero-order valence-corrected chi connectivity index (χ0v) is 13.0. The fraction of sp³-hybridized carbons (Fsp3) is 0.533. The minimum atomic E-state index is -0.480. The highest BCUT2D eigenvalue weighted by Crippen LogP contribution is 2.31. The van der Waals surface area contributed by atoms with Crippen LogP contribution in [-0.2, 0) is 9.53 Å². The quantitative estimate of drug-likeness (QED) is 0.914. The van der Waals surface area contributed by atoms with E-state index in [9.17, 15) is 4.79 Å². The van der Waals surface area contributed by atoms with Crippen LogP contribution in [0.3, 0.4) is 0 Å². The standard InChI is InChI=1S/C15H20N4O3/c1-15(2,3)14(20)16-10-4-5-11(13-12(10)17-22-18-13)19-6-8-21-9-7-19/h4-5H,6-9H2,1-3H3,(H,16,20). The van der Waals surface area contributed by atoms with Crippen molar-refractivity contribution < 1.29 is 14.2 Å². The van der Waals surface area contributed by atoms with Crippen molar-refractivity contribution in [1.82, 2.24) is 10.3 Å². The van der Waals surface area contributed by atoms with Crippen molar-refractivity contribution in [2.24, 2.45) is 5.41 Å². The Kier molecular flexibility index (Phi) is 3.74. The second-order valence-corrected chi connectivity index (χ2v) is 6.40. The third kappa shape index (κ3) is 2.76. The van der Waals surface area contributed by atoms with E-state index < -0.39 is 5.41 Å². The molecular formula is C15H20N4O3. The van der Waals surface area contributed by atoms with Crippen molar-refractivity contribution in [3.05, 3.63) is 12.1 Å². The van der Waals surface area contributed by atoms with Crippen molar-refractivity contribution in [3.63, 3.8) is 0 Å². The number of nitrogens with one attached hydrogen (secondary N) is 1. The predicted octanol–water partition coefficient (Wildman–Crippen LogP) is 2.04. The summed E-state index contributed by atoms with van der Waals surface area (Å²) in [5.41, 5.74) is 2.32. The molecule has 7 heteroatoms. The van der Waals surface area contributed by atoms with Gasteiger partial charge in [-0.3, -0.25) is 4.79 Å². The minimum Gasteiger partial charge on any atom is -0.378 e. The molecule has 2 aromatic rings. The first-order valence-corrected chi connectivity index (χ1v) is 7.36. The van der Waals surface area contributed by atoms with Gasteiger partial charge in [0.1, 0.15) is 0 Å². The van der Waals surface area contributed by atoms with Crippen molar-refractivity contribution in [2.75, 3.05) is 36.5 Å². The van der Waals surface area contributed by atoms with E-state index in [0.717, 1.165) is 18.8 Å². The largest absolute Gasteiger partial charge is 0.378 e. The van der Waals surface area contributed by atoms with Crippen molar-refractivity contribution in [2.45, 2.75) is 20.8 Å². The molecule has 0 atom stereocenters. The van der Waals surface area contributed by atoms with Gasteiger partial charge in [0, 0.05) is 18.5 Å².